The standard InChI is InChI=1S/C16H26N6O/c17-11-7-3-4-8-12(11)21-13-9-19-14(15(18)23)16(22-13)20-10-5-1-2-6-10/h9-12H,1-8,17H2,(H2,18,23)(H2,20,21,22)/t11-,12+/m0/s1. The molecule has 0 spiro atoms. The van der Waals surface area contributed by atoms with Crippen LogP contribution in [0.4, 0.5) is 11.6 Å². The highest BCUT2D eigenvalue weighted by molar-refractivity contribution is 5.95. The van der Waals surface area contributed by atoms with E-state index in [2.05, 4.69) is 20.6 Å². The summed E-state index contributed by atoms with van der Waals surface area (Å²) in [5.41, 5.74) is 11.8. The van der Waals surface area contributed by atoms with Crippen molar-refractivity contribution in [3.8, 4) is 0 Å². The lowest BCUT2D eigenvalue weighted by Gasteiger charge is -2.29. The van der Waals surface area contributed by atoms with Crippen LogP contribution in [0, 0.1) is 0 Å². The minimum absolute atomic E-state index is 0.132. The monoisotopic (exact) mass is 318 g/mol. The average Bonchev–Trinajstić information content (AvgIpc) is 3.02. The molecule has 0 aromatic carbocycles. The number of nitrogens with one attached hydrogen (secondary N) is 2. The number of primary amides is 1. The van der Waals surface area contributed by atoms with E-state index in [9.17, 15) is 4.79 Å². The number of hydrogen-bond acceptors (Lipinski definition) is 6. The second-order valence-corrected chi connectivity index (χ2v) is 6.64. The molecule has 3 rings (SSSR count). The third kappa shape index (κ3) is 3.90. The normalized spacial score (nSPS) is 25.3. The molecule has 0 bridgehead atoms. The zero-order chi connectivity index (χ0) is 16.2. The molecule has 1 heterocycles. The highest BCUT2D eigenvalue weighted by Crippen LogP contribution is 2.25. The van der Waals surface area contributed by atoms with Crippen LogP contribution in [0.2, 0.25) is 0 Å². The Kier molecular flexibility index (Phi) is 4.95. The molecule has 2 aliphatic carbocycles. The van der Waals surface area contributed by atoms with Gasteiger partial charge >= 0.3 is 0 Å². The molecular weight excluding hydrogens is 292 g/mol. The molecule has 23 heavy (non-hydrogen) atoms. The van der Waals surface area contributed by atoms with Crippen molar-refractivity contribution < 1.29 is 4.79 Å². The van der Waals surface area contributed by atoms with Gasteiger partial charge in [-0.15, -0.1) is 0 Å². The fraction of sp³-hybridized carbons (Fsp3) is 0.688. The van der Waals surface area contributed by atoms with Crippen LogP contribution in [0.25, 0.3) is 0 Å². The summed E-state index contributed by atoms with van der Waals surface area (Å²) >= 11 is 0. The van der Waals surface area contributed by atoms with E-state index in [4.69, 9.17) is 11.5 Å². The van der Waals surface area contributed by atoms with E-state index in [-0.39, 0.29) is 17.8 Å². The highest BCUT2D eigenvalue weighted by Gasteiger charge is 2.24. The fourth-order valence-corrected chi connectivity index (χ4v) is 3.53. The predicted molar refractivity (Wildman–Crippen MR) is 90.3 cm³/mol. The van der Waals surface area contributed by atoms with Crippen LogP contribution in [-0.2, 0) is 0 Å². The number of anilines is 2. The van der Waals surface area contributed by atoms with Crippen LogP contribution in [0.15, 0.2) is 6.20 Å². The molecular formula is C16H26N6O. The van der Waals surface area contributed by atoms with Crippen molar-refractivity contribution in [3.05, 3.63) is 11.9 Å². The molecule has 6 N–H and O–H groups in total. The maximum atomic E-state index is 11.6. The van der Waals surface area contributed by atoms with E-state index in [1.54, 1.807) is 6.20 Å². The molecule has 2 aliphatic rings. The topological polar surface area (TPSA) is 119 Å². The predicted octanol–water partition coefficient (Wildman–Crippen LogP) is 1.61. The number of carbonyl (C=O) groups excluding carboxylic acids is 1. The first-order chi connectivity index (χ1) is 11.1. The summed E-state index contributed by atoms with van der Waals surface area (Å²) in [5, 5.41) is 6.71. The Morgan fingerprint density at radius 3 is 2.48 bits per heavy atom. The first-order valence-electron chi connectivity index (χ1n) is 8.59. The minimum atomic E-state index is -0.557. The van der Waals surface area contributed by atoms with E-state index >= 15 is 0 Å². The summed E-state index contributed by atoms with van der Waals surface area (Å²) in [4.78, 5) is 20.3. The molecule has 7 heteroatoms. The lowest BCUT2D eigenvalue weighted by Crippen LogP contribution is -2.42. The van der Waals surface area contributed by atoms with Gasteiger partial charge in [-0.2, -0.15) is 0 Å². The maximum Gasteiger partial charge on any atom is 0.271 e. The van der Waals surface area contributed by atoms with E-state index in [1.807, 2.05) is 0 Å². The second-order valence-electron chi connectivity index (χ2n) is 6.64. The zero-order valence-corrected chi connectivity index (χ0v) is 13.4. The molecule has 7 nitrogen and oxygen atoms in total. The van der Waals surface area contributed by atoms with Crippen molar-refractivity contribution in [2.24, 2.45) is 11.5 Å². The Morgan fingerprint density at radius 2 is 1.78 bits per heavy atom. The van der Waals surface area contributed by atoms with Crippen LogP contribution in [-0.4, -0.2) is 34.0 Å². The number of aromatic nitrogens is 2. The number of rotatable bonds is 5. The van der Waals surface area contributed by atoms with Crippen molar-refractivity contribution in [3.63, 3.8) is 0 Å². The molecule has 2 fully saturated rings. The zero-order valence-electron chi connectivity index (χ0n) is 13.4. The third-order valence-corrected chi connectivity index (χ3v) is 4.85. The number of nitrogens with two attached hydrogens (primary N) is 2. The fourth-order valence-electron chi connectivity index (χ4n) is 3.53. The lowest BCUT2D eigenvalue weighted by atomic mass is 9.91. The van der Waals surface area contributed by atoms with Gasteiger partial charge in [0, 0.05) is 18.1 Å². The lowest BCUT2D eigenvalue weighted by molar-refractivity contribution is 0.0996. The highest BCUT2D eigenvalue weighted by atomic mass is 16.1. The second kappa shape index (κ2) is 7.12. The van der Waals surface area contributed by atoms with Crippen LogP contribution < -0.4 is 22.1 Å². The third-order valence-electron chi connectivity index (χ3n) is 4.85. The Bertz CT molecular complexity index is 558. The van der Waals surface area contributed by atoms with Crippen molar-refractivity contribution in [2.75, 3.05) is 10.6 Å². The summed E-state index contributed by atoms with van der Waals surface area (Å²) in [6, 6.07) is 0.680. The summed E-state index contributed by atoms with van der Waals surface area (Å²) in [6.45, 7) is 0. The maximum absolute atomic E-state index is 11.6. The van der Waals surface area contributed by atoms with Crippen molar-refractivity contribution in [1.29, 1.82) is 0 Å². The van der Waals surface area contributed by atoms with Crippen molar-refractivity contribution >= 4 is 17.5 Å². The molecule has 2 atom stereocenters. The summed E-state index contributed by atoms with van der Waals surface area (Å²) in [6.07, 6.45) is 10.6. The smallest absolute Gasteiger partial charge is 0.271 e. The van der Waals surface area contributed by atoms with E-state index in [0.717, 1.165) is 25.7 Å². The molecule has 1 amide bonds. The van der Waals surface area contributed by atoms with Gasteiger partial charge in [0.15, 0.2) is 11.5 Å². The van der Waals surface area contributed by atoms with Crippen LogP contribution in [0.3, 0.4) is 0 Å². The van der Waals surface area contributed by atoms with Crippen molar-refractivity contribution in [1.82, 2.24) is 9.97 Å². The van der Waals surface area contributed by atoms with Gasteiger partial charge in [-0.05, 0) is 25.7 Å². The molecule has 0 saturated heterocycles. The van der Waals surface area contributed by atoms with E-state index in [0.29, 0.717) is 17.7 Å². The molecule has 1 aromatic rings. The molecule has 0 aliphatic heterocycles. The Balaban J connectivity index is 1.76. The largest absolute Gasteiger partial charge is 0.365 e. The van der Waals surface area contributed by atoms with Gasteiger partial charge in [0.2, 0.25) is 0 Å². The Labute approximate surface area is 136 Å². The first-order valence-corrected chi connectivity index (χ1v) is 8.59. The summed E-state index contributed by atoms with van der Waals surface area (Å²) < 4.78 is 0. The average molecular weight is 318 g/mol. The molecule has 126 valence electrons. The van der Waals surface area contributed by atoms with Crippen LogP contribution >= 0.6 is 0 Å². The van der Waals surface area contributed by atoms with E-state index < -0.39 is 5.91 Å². The molecule has 0 unspecified atom stereocenters. The van der Waals surface area contributed by atoms with Crippen LogP contribution in [0.5, 0.6) is 0 Å². The van der Waals surface area contributed by atoms with Gasteiger partial charge < -0.3 is 22.1 Å². The number of carbonyl (C=O) groups is 1. The SMILES string of the molecule is NC(=O)c1ncc(N[C@@H]2CCCC[C@@H]2N)nc1NC1CCCC1. The minimum Gasteiger partial charge on any atom is -0.365 e. The van der Waals surface area contributed by atoms with E-state index in [1.165, 1.54) is 25.7 Å². The van der Waals surface area contributed by atoms with Gasteiger partial charge in [0.05, 0.1) is 6.20 Å². The molecule has 0 radical (unpaired) electrons. The van der Waals surface area contributed by atoms with Crippen molar-refractivity contribution in [2.45, 2.75) is 69.5 Å². The Hall–Kier alpha value is -1.89. The number of hydrogen-bond donors (Lipinski definition) is 4. The molecule has 1 aromatic heterocycles. The number of nitrogens with zero attached hydrogens (tertiary/aromatic N) is 2. The first kappa shape index (κ1) is 16.0. The Morgan fingerprint density at radius 1 is 1.09 bits per heavy atom. The molecule has 2 saturated carbocycles. The van der Waals surface area contributed by atoms with Gasteiger partial charge in [0.1, 0.15) is 5.82 Å². The summed E-state index contributed by atoms with van der Waals surface area (Å²) in [7, 11) is 0. The van der Waals surface area contributed by atoms with Gasteiger partial charge in [0.25, 0.3) is 5.91 Å². The quantitative estimate of drug-likeness (QED) is 0.655. The number of amides is 1. The van der Waals surface area contributed by atoms with Gasteiger partial charge in [-0.3, -0.25) is 4.79 Å². The van der Waals surface area contributed by atoms with Gasteiger partial charge in [-0.1, -0.05) is 25.7 Å². The van der Waals surface area contributed by atoms with Crippen LogP contribution in [0.1, 0.15) is 61.9 Å². The van der Waals surface area contributed by atoms with Gasteiger partial charge in [-0.25, -0.2) is 9.97 Å². The summed E-state index contributed by atoms with van der Waals surface area (Å²) in [5.74, 6) is 0.579.